The number of fused-ring (bicyclic) bond motifs is 1. The normalized spacial score (nSPS) is 15.8. The van der Waals surface area contributed by atoms with Gasteiger partial charge in [-0.15, -0.1) is 11.3 Å². The van der Waals surface area contributed by atoms with Crippen molar-refractivity contribution >= 4 is 34.3 Å². The Morgan fingerprint density at radius 2 is 2.10 bits per heavy atom. The molecule has 1 aliphatic carbocycles. The molecule has 0 saturated carbocycles. The zero-order valence-corrected chi connectivity index (χ0v) is 17.9. The van der Waals surface area contributed by atoms with Crippen molar-refractivity contribution in [1.82, 2.24) is 0 Å². The predicted octanol–water partition coefficient (Wildman–Crippen LogP) is 5.10. The molecule has 1 aromatic heterocycles. The molecule has 5 nitrogen and oxygen atoms in total. The van der Waals surface area contributed by atoms with Crippen LogP contribution in [0.3, 0.4) is 0 Å². The Balaban J connectivity index is 1.79. The second-order valence-electron chi connectivity index (χ2n) is 7.26. The molecule has 0 spiro atoms. The van der Waals surface area contributed by atoms with E-state index in [1.807, 2.05) is 31.2 Å². The minimum atomic E-state index is -0.394. The number of anilines is 1. The van der Waals surface area contributed by atoms with E-state index in [4.69, 9.17) is 9.47 Å². The van der Waals surface area contributed by atoms with Crippen LogP contribution in [0.4, 0.5) is 5.00 Å². The Hall–Kier alpha value is -2.60. The summed E-state index contributed by atoms with van der Waals surface area (Å²) in [5, 5.41) is 3.45. The van der Waals surface area contributed by atoms with Crippen molar-refractivity contribution in [3.8, 4) is 5.75 Å². The first-order valence-electron chi connectivity index (χ1n) is 9.97. The monoisotopic (exact) mass is 413 g/mol. The van der Waals surface area contributed by atoms with Crippen LogP contribution in [0, 0.1) is 5.92 Å². The molecular weight excluding hydrogens is 386 g/mol. The molecule has 0 saturated heterocycles. The van der Waals surface area contributed by atoms with Gasteiger partial charge in [-0.2, -0.15) is 0 Å². The lowest BCUT2D eigenvalue weighted by atomic mass is 9.88. The van der Waals surface area contributed by atoms with Crippen LogP contribution in [-0.2, 0) is 22.4 Å². The van der Waals surface area contributed by atoms with Crippen molar-refractivity contribution in [3.63, 3.8) is 0 Å². The van der Waals surface area contributed by atoms with Gasteiger partial charge in [0.25, 0.3) is 0 Å². The van der Waals surface area contributed by atoms with Crippen LogP contribution in [0.5, 0.6) is 5.75 Å². The first kappa shape index (κ1) is 21.1. The summed E-state index contributed by atoms with van der Waals surface area (Å²) in [6, 6.07) is 7.60. The number of methoxy groups -OCH3 is 1. The second kappa shape index (κ2) is 9.74. The van der Waals surface area contributed by atoms with Gasteiger partial charge in [0.05, 0.1) is 19.3 Å². The maximum absolute atomic E-state index is 12.6. The van der Waals surface area contributed by atoms with E-state index in [2.05, 4.69) is 12.2 Å². The minimum Gasteiger partial charge on any atom is -0.493 e. The number of thiophene rings is 1. The molecule has 1 amide bonds. The molecule has 0 aliphatic heterocycles. The molecule has 0 radical (unpaired) electrons. The molecule has 1 heterocycles. The highest BCUT2D eigenvalue weighted by molar-refractivity contribution is 7.17. The summed E-state index contributed by atoms with van der Waals surface area (Å²) in [5.74, 6) is 0.644. The number of rotatable bonds is 7. The van der Waals surface area contributed by atoms with Gasteiger partial charge in [-0.1, -0.05) is 32.0 Å². The van der Waals surface area contributed by atoms with E-state index in [0.717, 1.165) is 42.6 Å². The Morgan fingerprint density at radius 3 is 2.86 bits per heavy atom. The van der Waals surface area contributed by atoms with Gasteiger partial charge in [-0.05, 0) is 49.3 Å². The molecule has 1 unspecified atom stereocenters. The molecule has 1 N–H and O–H groups in total. The summed E-state index contributed by atoms with van der Waals surface area (Å²) in [6.07, 6.45) is 6.92. The number of benzene rings is 1. The third-order valence-electron chi connectivity index (χ3n) is 4.93. The fraction of sp³-hybridized carbons (Fsp3) is 0.391. The number of hydrogen-bond donors (Lipinski definition) is 1. The van der Waals surface area contributed by atoms with Crippen molar-refractivity contribution in [3.05, 3.63) is 51.9 Å². The molecule has 2 aromatic rings. The quantitative estimate of drug-likeness (QED) is 0.507. The van der Waals surface area contributed by atoms with Gasteiger partial charge in [0.1, 0.15) is 10.8 Å². The zero-order chi connectivity index (χ0) is 20.8. The van der Waals surface area contributed by atoms with Gasteiger partial charge in [0.2, 0.25) is 5.91 Å². The molecule has 29 heavy (non-hydrogen) atoms. The van der Waals surface area contributed by atoms with Crippen LogP contribution in [0.15, 0.2) is 30.3 Å². The number of carbonyl (C=O) groups excluding carboxylic acids is 2. The first-order valence-corrected chi connectivity index (χ1v) is 10.8. The number of hydrogen-bond acceptors (Lipinski definition) is 5. The fourth-order valence-corrected chi connectivity index (χ4v) is 4.84. The van der Waals surface area contributed by atoms with Crippen LogP contribution in [0.1, 0.15) is 53.1 Å². The number of ether oxygens (including phenoxy) is 2. The van der Waals surface area contributed by atoms with E-state index >= 15 is 0 Å². The van der Waals surface area contributed by atoms with Gasteiger partial charge in [0.15, 0.2) is 0 Å². The van der Waals surface area contributed by atoms with E-state index in [0.29, 0.717) is 23.1 Å². The van der Waals surface area contributed by atoms with Crippen molar-refractivity contribution in [2.45, 2.75) is 39.5 Å². The Morgan fingerprint density at radius 1 is 1.31 bits per heavy atom. The molecule has 1 atom stereocenters. The first-order chi connectivity index (χ1) is 14.0. The average molecular weight is 414 g/mol. The number of esters is 1. The summed E-state index contributed by atoms with van der Waals surface area (Å²) >= 11 is 1.48. The Labute approximate surface area is 175 Å². The van der Waals surface area contributed by atoms with E-state index in [9.17, 15) is 9.59 Å². The summed E-state index contributed by atoms with van der Waals surface area (Å²) in [6.45, 7) is 4.88. The molecule has 0 bridgehead atoms. The highest BCUT2D eigenvalue weighted by Crippen LogP contribution is 2.40. The predicted molar refractivity (Wildman–Crippen MR) is 117 cm³/mol. The van der Waals surface area contributed by atoms with Gasteiger partial charge in [-0.25, -0.2) is 4.79 Å². The summed E-state index contributed by atoms with van der Waals surface area (Å²) in [5.41, 5.74) is 2.37. The van der Waals surface area contributed by atoms with Crippen molar-refractivity contribution < 1.29 is 19.1 Å². The molecule has 3 rings (SSSR count). The third kappa shape index (κ3) is 5.07. The standard InChI is InChI=1S/C23H27NO4S/c1-4-13-28-18-8-6-5-7-16(18)10-12-20(25)24-22-21(23(26)27-3)17-11-9-15(2)14-19(17)29-22/h5-8,10,12,15H,4,9,11,13-14H2,1-3H3,(H,24,25)/b12-10+. The number of nitrogens with one attached hydrogen (secondary N) is 1. The van der Waals surface area contributed by atoms with Crippen molar-refractivity contribution in [2.24, 2.45) is 5.92 Å². The van der Waals surface area contributed by atoms with Crippen molar-refractivity contribution in [2.75, 3.05) is 19.0 Å². The SMILES string of the molecule is CCCOc1ccccc1/C=C/C(=O)Nc1sc2c(c1C(=O)OC)CCC(C)C2. The average Bonchev–Trinajstić information content (AvgIpc) is 3.07. The molecule has 1 aromatic carbocycles. The highest BCUT2D eigenvalue weighted by atomic mass is 32.1. The van der Waals surface area contributed by atoms with Crippen LogP contribution in [0.2, 0.25) is 0 Å². The largest absolute Gasteiger partial charge is 0.493 e. The highest BCUT2D eigenvalue weighted by Gasteiger charge is 2.28. The van der Waals surface area contributed by atoms with E-state index in [1.165, 1.54) is 29.4 Å². The van der Waals surface area contributed by atoms with Crippen LogP contribution >= 0.6 is 11.3 Å². The number of amides is 1. The summed E-state index contributed by atoms with van der Waals surface area (Å²) in [7, 11) is 1.37. The van der Waals surface area contributed by atoms with Gasteiger partial charge >= 0.3 is 5.97 Å². The minimum absolute atomic E-state index is 0.285. The van der Waals surface area contributed by atoms with Crippen LogP contribution in [-0.4, -0.2) is 25.6 Å². The van der Waals surface area contributed by atoms with E-state index in [-0.39, 0.29) is 5.91 Å². The lowest BCUT2D eigenvalue weighted by molar-refractivity contribution is -0.111. The van der Waals surface area contributed by atoms with E-state index < -0.39 is 5.97 Å². The maximum atomic E-state index is 12.6. The Bertz CT molecular complexity index is 916. The Kier molecular flexibility index (Phi) is 7.09. The molecule has 154 valence electrons. The van der Waals surface area contributed by atoms with Gasteiger partial charge in [-0.3, -0.25) is 4.79 Å². The fourth-order valence-electron chi connectivity index (χ4n) is 3.44. The maximum Gasteiger partial charge on any atom is 0.341 e. The molecule has 0 fully saturated rings. The van der Waals surface area contributed by atoms with E-state index in [1.54, 1.807) is 6.08 Å². The summed E-state index contributed by atoms with van der Waals surface area (Å²) < 4.78 is 10.7. The lowest BCUT2D eigenvalue weighted by Crippen LogP contribution is -2.14. The lowest BCUT2D eigenvalue weighted by Gasteiger charge is -2.18. The molecular formula is C23H27NO4S. The molecule has 1 aliphatic rings. The zero-order valence-electron chi connectivity index (χ0n) is 17.1. The van der Waals surface area contributed by atoms with Gasteiger partial charge < -0.3 is 14.8 Å². The van der Waals surface area contributed by atoms with Gasteiger partial charge in [0, 0.05) is 16.5 Å². The summed E-state index contributed by atoms with van der Waals surface area (Å²) in [4.78, 5) is 26.1. The smallest absolute Gasteiger partial charge is 0.341 e. The van der Waals surface area contributed by atoms with Crippen molar-refractivity contribution in [1.29, 1.82) is 0 Å². The van der Waals surface area contributed by atoms with Crippen LogP contribution < -0.4 is 10.1 Å². The van der Waals surface area contributed by atoms with Crippen LogP contribution in [0.25, 0.3) is 6.08 Å². The topological polar surface area (TPSA) is 64.6 Å². The second-order valence-corrected chi connectivity index (χ2v) is 8.36. The number of carbonyl (C=O) groups is 2. The third-order valence-corrected chi connectivity index (χ3v) is 6.10. The number of para-hydroxylation sites is 1. The molecule has 6 heteroatoms.